The lowest BCUT2D eigenvalue weighted by Crippen LogP contribution is -2.27. The number of nitrogen functional groups attached to an aromatic ring is 1. The van der Waals surface area contributed by atoms with E-state index in [4.69, 9.17) is 22.1 Å². The number of rotatable bonds is 10. The number of halogens is 2. The van der Waals surface area contributed by atoms with Crippen LogP contribution in [-0.4, -0.2) is 47.2 Å². The molecule has 3 N–H and O–H groups in total. The third kappa shape index (κ3) is 7.10. The first-order valence-corrected chi connectivity index (χ1v) is 13.5. The molecule has 1 amide bonds. The van der Waals surface area contributed by atoms with Crippen molar-refractivity contribution in [2.45, 2.75) is 40.7 Å². The van der Waals surface area contributed by atoms with Gasteiger partial charge in [-0.1, -0.05) is 30.3 Å². The predicted octanol–water partition coefficient (Wildman–Crippen LogP) is 6.70. The number of anilines is 2. The zero-order valence-electron chi connectivity index (χ0n) is 24.5. The Kier molecular flexibility index (Phi) is 10.2. The molecule has 8 nitrogen and oxygen atoms in total. The summed E-state index contributed by atoms with van der Waals surface area (Å²) in [7, 11) is 3.36. The summed E-state index contributed by atoms with van der Waals surface area (Å²) in [6.45, 7) is 13.9. The van der Waals surface area contributed by atoms with Crippen molar-refractivity contribution in [3.8, 4) is 5.75 Å². The topological polar surface area (TPSA) is 106 Å². The monoisotopic (exact) mass is 578 g/mol. The Morgan fingerprint density at radius 3 is 2.61 bits per heavy atom. The number of carbonyl (C=O) groups excluding carboxylic acids is 1. The fourth-order valence-corrected chi connectivity index (χ4v) is 4.60. The molecule has 216 valence electrons. The summed E-state index contributed by atoms with van der Waals surface area (Å²) in [6.07, 6.45) is 3.00. The van der Waals surface area contributed by atoms with Crippen LogP contribution < -0.4 is 15.8 Å². The van der Waals surface area contributed by atoms with Gasteiger partial charge in [0.1, 0.15) is 35.2 Å². The molecule has 0 aliphatic rings. The number of ether oxygens (including phenoxy) is 1. The maximum atomic E-state index is 14.0. The second-order valence-electron chi connectivity index (χ2n) is 9.77. The SMILES string of the molecule is C=C(c1cccc(F)c1)c1c(N)ncnc1NC(C)c1cc(Cl)c(C)c(/C(C)=C/N=C(\C)C(=O)N(C)C)c1OCC. The Morgan fingerprint density at radius 1 is 1.27 bits per heavy atom. The Balaban J connectivity index is 2.10. The molecule has 10 heteroatoms. The fourth-order valence-electron chi connectivity index (χ4n) is 4.39. The molecular formula is C31H36ClFN6O2. The maximum absolute atomic E-state index is 14.0. The highest BCUT2D eigenvalue weighted by Gasteiger charge is 2.23. The number of nitrogens with two attached hydrogens (primary N) is 1. The Bertz CT molecular complexity index is 1530. The van der Waals surface area contributed by atoms with E-state index in [1.165, 1.54) is 23.4 Å². The molecule has 1 unspecified atom stereocenters. The number of nitrogens with one attached hydrogen (secondary N) is 1. The molecule has 3 rings (SSSR count). The quantitative estimate of drug-likeness (QED) is 0.259. The van der Waals surface area contributed by atoms with Gasteiger partial charge in [-0.25, -0.2) is 14.4 Å². The molecule has 0 aliphatic heterocycles. The number of nitrogens with zero attached hydrogens (tertiary/aromatic N) is 4. The first-order valence-electron chi connectivity index (χ1n) is 13.1. The number of aromatic nitrogens is 2. The van der Waals surface area contributed by atoms with Crippen LogP contribution in [0.1, 0.15) is 61.6 Å². The van der Waals surface area contributed by atoms with Crippen LogP contribution in [0.4, 0.5) is 16.0 Å². The second kappa shape index (κ2) is 13.4. The van der Waals surface area contributed by atoms with Gasteiger partial charge in [-0.3, -0.25) is 9.79 Å². The molecule has 0 radical (unpaired) electrons. The molecule has 1 aromatic heterocycles. The van der Waals surface area contributed by atoms with Crippen molar-refractivity contribution in [2.24, 2.45) is 4.99 Å². The summed E-state index contributed by atoms with van der Waals surface area (Å²) in [5.41, 5.74) is 11.3. The standard InChI is InChI=1S/C31H36ClFN6O2/c1-9-41-28-24(14-25(32)19(4)26(28)17(2)15-35-21(6)31(40)39(7)8)20(5)38-30-27(29(34)36-16-37-30)18(3)22-11-10-12-23(33)13-22/h10-16,20H,3,9H2,1-2,4-8H3,(H3,34,36,37,38)/b17-15+,35-21+. The van der Waals surface area contributed by atoms with Gasteiger partial charge in [0.25, 0.3) is 5.91 Å². The predicted molar refractivity (Wildman–Crippen MR) is 166 cm³/mol. The van der Waals surface area contributed by atoms with Crippen LogP contribution in [0.25, 0.3) is 11.1 Å². The highest BCUT2D eigenvalue weighted by Crippen LogP contribution is 2.41. The smallest absolute Gasteiger partial charge is 0.267 e. The van der Waals surface area contributed by atoms with Crippen molar-refractivity contribution in [3.63, 3.8) is 0 Å². The molecule has 0 fully saturated rings. The molecule has 3 aromatic rings. The van der Waals surface area contributed by atoms with E-state index in [0.717, 1.165) is 22.3 Å². The zero-order chi connectivity index (χ0) is 30.4. The number of aliphatic imine (C=N–C) groups is 1. The highest BCUT2D eigenvalue weighted by atomic mass is 35.5. The summed E-state index contributed by atoms with van der Waals surface area (Å²) in [6, 6.07) is 7.58. The minimum atomic E-state index is -0.390. The number of allylic oxidation sites excluding steroid dienone is 1. The Labute approximate surface area is 245 Å². The number of benzene rings is 2. The van der Waals surface area contributed by atoms with Crippen molar-refractivity contribution in [1.82, 2.24) is 14.9 Å². The van der Waals surface area contributed by atoms with Gasteiger partial charge in [0.2, 0.25) is 0 Å². The third-order valence-corrected chi connectivity index (χ3v) is 6.92. The molecule has 1 atom stereocenters. The van der Waals surface area contributed by atoms with Gasteiger partial charge in [0.05, 0.1) is 18.2 Å². The first-order chi connectivity index (χ1) is 19.4. The number of amides is 1. The molecule has 0 saturated heterocycles. The van der Waals surface area contributed by atoms with E-state index in [1.54, 1.807) is 39.4 Å². The average molecular weight is 579 g/mol. The van der Waals surface area contributed by atoms with Crippen molar-refractivity contribution < 1.29 is 13.9 Å². The average Bonchev–Trinajstić information content (AvgIpc) is 2.92. The van der Waals surface area contributed by atoms with Crippen LogP contribution >= 0.6 is 11.6 Å². The minimum absolute atomic E-state index is 0.180. The summed E-state index contributed by atoms with van der Waals surface area (Å²) >= 11 is 6.74. The van der Waals surface area contributed by atoms with Crippen molar-refractivity contribution >= 4 is 46.0 Å². The summed E-state index contributed by atoms with van der Waals surface area (Å²) in [4.78, 5) is 26.7. The van der Waals surface area contributed by atoms with Crippen LogP contribution in [0.2, 0.25) is 5.02 Å². The minimum Gasteiger partial charge on any atom is -0.493 e. The molecular weight excluding hydrogens is 543 g/mol. The second-order valence-corrected chi connectivity index (χ2v) is 10.2. The molecule has 2 aromatic carbocycles. The number of carbonyl (C=O) groups is 1. The van der Waals surface area contributed by atoms with Crippen LogP contribution in [-0.2, 0) is 4.79 Å². The third-order valence-electron chi connectivity index (χ3n) is 6.53. The van der Waals surface area contributed by atoms with E-state index in [2.05, 4.69) is 26.9 Å². The van der Waals surface area contributed by atoms with Gasteiger partial charge in [-0.2, -0.15) is 0 Å². The van der Waals surface area contributed by atoms with Crippen molar-refractivity contribution in [3.05, 3.63) is 88.1 Å². The van der Waals surface area contributed by atoms with Crippen LogP contribution in [0.3, 0.4) is 0 Å². The lowest BCUT2D eigenvalue weighted by molar-refractivity contribution is -0.121. The van der Waals surface area contributed by atoms with Crippen LogP contribution in [0, 0.1) is 12.7 Å². The lowest BCUT2D eigenvalue weighted by atomic mass is 9.94. The van der Waals surface area contributed by atoms with Crippen LogP contribution in [0.5, 0.6) is 5.75 Å². The molecule has 0 aliphatic carbocycles. The Morgan fingerprint density at radius 2 is 1.98 bits per heavy atom. The maximum Gasteiger partial charge on any atom is 0.267 e. The van der Waals surface area contributed by atoms with Crippen molar-refractivity contribution in [1.29, 1.82) is 0 Å². The van der Waals surface area contributed by atoms with Gasteiger partial charge in [0, 0.05) is 36.4 Å². The zero-order valence-corrected chi connectivity index (χ0v) is 25.2. The normalized spacial score (nSPS) is 12.6. The van der Waals surface area contributed by atoms with E-state index in [1.807, 2.05) is 33.8 Å². The largest absolute Gasteiger partial charge is 0.493 e. The molecule has 0 bridgehead atoms. The summed E-state index contributed by atoms with van der Waals surface area (Å²) in [5.74, 6) is 0.687. The summed E-state index contributed by atoms with van der Waals surface area (Å²) in [5, 5.41) is 3.94. The van der Waals surface area contributed by atoms with Gasteiger partial charge in [-0.05, 0) is 75.1 Å². The molecule has 0 spiro atoms. The number of hydrogen-bond donors (Lipinski definition) is 2. The Hall–Kier alpha value is -4.24. The molecule has 1 heterocycles. The van der Waals surface area contributed by atoms with E-state index < -0.39 is 0 Å². The first kappa shape index (κ1) is 31.3. The van der Waals surface area contributed by atoms with E-state index in [9.17, 15) is 9.18 Å². The highest BCUT2D eigenvalue weighted by molar-refractivity contribution is 6.37. The number of hydrogen-bond acceptors (Lipinski definition) is 7. The van der Waals surface area contributed by atoms with Gasteiger partial charge in [-0.15, -0.1) is 0 Å². The van der Waals surface area contributed by atoms with Gasteiger partial charge >= 0.3 is 0 Å². The van der Waals surface area contributed by atoms with Gasteiger partial charge in [0.15, 0.2) is 0 Å². The van der Waals surface area contributed by atoms with E-state index >= 15 is 0 Å². The summed E-state index contributed by atoms with van der Waals surface area (Å²) < 4.78 is 20.1. The fraction of sp³-hybridized carbons (Fsp3) is 0.290. The molecule has 41 heavy (non-hydrogen) atoms. The van der Waals surface area contributed by atoms with Crippen LogP contribution in [0.15, 0.2) is 54.4 Å². The van der Waals surface area contributed by atoms with E-state index in [-0.39, 0.29) is 23.6 Å². The van der Waals surface area contributed by atoms with Crippen molar-refractivity contribution in [2.75, 3.05) is 31.8 Å². The van der Waals surface area contributed by atoms with Gasteiger partial charge < -0.3 is 20.7 Å². The lowest BCUT2D eigenvalue weighted by Gasteiger charge is -2.24. The van der Waals surface area contributed by atoms with E-state index in [0.29, 0.717) is 45.6 Å². The molecule has 0 saturated carbocycles.